The lowest BCUT2D eigenvalue weighted by Crippen LogP contribution is -2.14. The molecule has 0 bridgehead atoms. The second-order valence-corrected chi connectivity index (χ2v) is 6.99. The minimum absolute atomic E-state index is 0.000383. The number of nitrogens with one attached hydrogen (secondary N) is 1. The second kappa shape index (κ2) is 8.63. The zero-order valence-corrected chi connectivity index (χ0v) is 17.1. The van der Waals surface area contributed by atoms with E-state index in [0.29, 0.717) is 11.1 Å². The van der Waals surface area contributed by atoms with Crippen molar-refractivity contribution in [1.82, 2.24) is 4.57 Å². The maximum atomic E-state index is 13.8. The predicted molar refractivity (Wildman–Crippen MR) is 115 cm³/mol. The van der Waals surface area contributed by atoms with Gasteiger partial charge in [-0.2, -0.15) is 5.26 Å². The molecular formula is C23H19FN4O3. The third-order valence-corrected chi connectivity index (χ3v) is 4.89. The number of nitro benzene ring substituents is 1. The van der Waals surface area contributed by atoms with E-state index in [1.165, 1.54) is 36.4 Å². The van der Waals surface area contributed by atoms with Crippen molar-refractivity contribution >= 4 is 23.4 Å². The molecule has 0 saturated carbocycles. The van der Waals surface area contributed by atoms with Crippen molar-refractivity contribution in [3.8, 4) is 11.8 Å². The number of hydrogen-bond acceptors (Lipinski definition) is 4. The number of nitrogens with zero attached hydrogens (tertiary/aromatic N) is 3. The Morgan fingerprint density at radius 1 is 1.19 bits per heavy atom. The summed E-state index contributed by atoms with van der Waals surface area (Å²) in [5, 5.41) is 22.9. The molecule has 1 amide bonds. The molecule has 3 aromatic rings. The number of hydrogen-bond donors (Lipinski definition) is 1. The molecule has 7 nitrogen and oxygen atoms in total. The highest BCUT2D eigenvalue weighted by Crippen LogP contribution is 2.27. The Labute approximate surface area is 178 Å². The van der Waals surface area contributed by atoms with Gasteiger partial charge in [-0.3, -0.25) is 14.9 Å². The van der Waals surface area contributed by atoms with Crippen LogP contribution in [0.2, 0.25) is 0 Å². The zero-order valence-electron chi connectivity index (χ0n) is 17.1. The predicted octanol–water partition coefficient (Wildman–Crippen LogP) is 5.00. The normalized spacial score (nSPS) is 11.1. The lowest BCUT2D eigenvalue weighted by atomic mass is 10.1. The number of carbonyl (C=O) groups is 1. The molecule has 0 aliphatic heterocycles. The number of aryl methyl sites for hydroxylation is 2. The largest absolute Gasteiger partial charge is 0.319 e. The van der Waals surface area contributed by atoms with Gasteiger partial charge in [0.15, 0.2) is 0 Å². The number of aromatic nitrogens is 1. The summed E-state index contributed by atoms with van der Waals surface area (Å²) in [7, 11) is 0. The summed E-state index contributed by atoms with van der Waals surface area (Å²) in [6.45, 7) is 5.46. The van der Waals surface area contributed by atoms with Crippen LogP contribution in [0, 0.1) is 48.0 Å². The quantitative estimate of drug-likeness (QED) is 0.273. The van der Waals surface area contributed by atoms with Crippen LogP contribution in [0.15, 0.2) is 54.1 Å². The monoisotopic (exact) mass is 418 g/mol. The second-order valence-electron chi connectivity index (χ2n) is 6.99. The average molecular weight is 418 g/mol. The fraction of sp³-hybridized carbons (Fsp3) is 0.130. The van der Waals surface area contributed by atoms with Gasteiger partial charge >= 0.3 is 0 Å². The Balaban J connectivity index is 1.98. The van der Waals surface area contributed by atoms with Gasteiger partial charge in [0.25, 0.3) is 11.6 Å². The number of nitriles is 1. The summed E-state index contributed by atoms with van der Waals surface area (Å²) >= 11 is 0. The summed E-state index contributed by atoms with van der Waals surface area (Å²) in [5.74, 6) is -1.32. The molecule has 1 heterocycles. The van der Waals surface area contributed by atoms with E-state index >= 15 is 0 Å². The Bertz CT molecular complexity index is 1270. The van der Waals surface area contributed by atoms with Crippen LogP contribution in [0.3, 0.4) is 0 Å². The van der Waals surface area contributed by atoms with E-state index in [4.69, 9.17) is 0 Å². The number of amides is 1. The molecule has 0 atom stereocenters. The Hall–Kier alpha value is -4.25. The van der Waals surface area contributed by atoms with E-state index in [9.17, 15) is 24.6 Å². The molecule has 31 heavy (non-hydrogen) atoms. The number of rotatable bonds is 5. The maximum Gasteiger partial charge on any atom is 0.269 e. The number of benzene rings is 2. The molecule has 1 N–H and O–H groups in total. The van der Waals surface area contributed by atoms with E-state index in [1.807, 2.05) is 30.6 Å². The van der Waals surface area contributed by atoms with Gasteiger partial charge in [-0.15, -0.1) is 0 Å². The highest BCUT2D eigenvalue weighted by Gasteiger charge is 2.17. The molecule has 0 fully saturated rings. The van der Waals surface area contributed by atoms with E-state index in [0.717, 1.165) is 17.1 Å². The van der Waals surface area contributed by atoms with Crippen LogP contribution in [-0.4, -0.2) is 15.4 Å². The summed E-state index contributed by atoms with van der Waals surface area (Å²) in [6, 6.07) is 14.0. The van der Waals surface area contributed by atoms with E-state index in [2.05, 4.69) is 5.32 Å². The standard InChI is InChI=1S/C23H19FN4O3/c1-14-10-19(28(30)31)8-9-22(14)27-15(2)11-17(16(27)3)12-18(13-25)23(29)26-21-7-5-4-6-20(21)24/h4-12H,1-3H3,(H,26,29). The fourth-order valence-corrected chi connectivity index (χ4v) is 3.36. The molecule has 0 unspecified atom stereocenters. The van der Waals surface area contributed by atoms with Crippen LogP contribution >= 0.6 is 0 Å². The Morgan fingerprint density at radius 3 is 2.52 bits per heavy atom. The van der Waals surface area contributed by atoms with Gasteiger partial charge in [0.2, 0.25) is 0 Å². The molecule has 0 radical (unpaired) electrons. The Kier molecular flexibility index (Phi) is 5.97. The Morgan fingerprint density at radius 2 is 1.90 bits per heavy atom. The first kappa shape index (κ1) is 21.5. The first-order chi connectivity index (χ1) is 14.7. The average Bonchev–Trinajstić information content (AvgIpc) is 3.00. The maximum absolute atomic E-state index is 13.8. The highest BCUT2D eigenvalue weighted by molar-refractivity contribution is 6.09. The van der Waals surface area contributed by atoms with Crippen molar-refractivity contribution in [3.63, 3.8) is 0 Å². The van der Waals surface area contributed by atoms with Gasteiger partial charge in [0.05, 0.1) is 10.6 Å². The highest BCUT2D eigenvalue weighted by atomic mass is 19.1. The van der Waals surface area contributed by atoms with Crippen LogP contribution in [-0.2, 0) is 4.79 Å². The van der Waals surface area contributed by atoms with Crippen molar-refractivity contribution in [1.29, 1.82) is 5.26 Å². The van der Waals surface area contributed by atoms with Crippen LogP contribution in [0.1, 0.15) is 22.5 Å². The van der Waals surface area contributed by atoms with Gasteiger partial charge < -0.3 is 9.88 Å². The molecule has 0 spiro atoms. The number of para-hydroxylation sites is 1. The van der Waals surface area contributed by atoms with Crippen molar-refractivity contribution < 1.29 is 14.1 Å². The molecule has 156 valence electrons. The number of carbonyl (C=O) groups excluding carboxylic acids is 1. The molecule has 0 saturated heterocycles. The third-order valence-electron chi connectivity index (χ3n) is 4.89. The van der Waals surface area contributed by atoms with Gasteiger partial charge in [-0.05, 0) is 62.2 Å². The molecule has 2 aromatic carbocycles. The SMILES string of the molecule is Cc1cc([N+](=O)[O-])ccc1-n1c(C)cc(C=C(C#N)C(=O)Nc2ccccc2F)c1C. The summed E-state index contributed by atoms with van der Waals surface area (Å²) in [4.78, 5) is 23.0. The topological polar surface area (TPSA) is 101 Å². The number of anilines is 1. The molecule has 8 heteroatoms. The molecule has 0 aliphatic carbocycles. The van der Waals surface area contributed by atoms with Crippen molar-refractivity contribution in [2.45, 2.75) is 20.8 Å². The number of nitro groups is 1. The van der Waals surface area contributed by atoms with Crippen molar-refractivity contribution in [2.24, 2.45) is 0 Å². The fourth-order valence-electron chi connectivity index (χ4n) is 3.36. The molecule has 0 aliphatic rings. The van der Waals surface area contributed by atoms with Gasteiger partial charge in [-0.1, -0.05) is 12.1 Å². The van der Waals surface area contributed by atoms with E-state index in [-0.39, 0.29) is 16.9 Å². The van der Waals surface area contributed by atoms with Crippen LogP contribution in [0.25, 0.3) is 11.8 Å². The molecule has 3 rings (SSSR count). The first-order valence-electron chi connectivity index (χ1n) is 9.35. The third kappa shape index (κ3) is 4.36. The summed E-state index contributed by atoms with van der Waals surface area (Å²) in [6.07, 6.45) is 1.44. The molecular weight excluding hydrogens is 399 g/mol. The smallest absolute Gasteiger partial charge is 0.269 e. The first-order valence-corrected chi connectivity index (χ1v) is 9.35. The minimum Gasteiger partial charge on any atom is -0.319 e. The van der Waals surface area contributed by atoms with Crippen LogP contribution in [0.5, 0.6) is 0 Å². The van der Waals surface area contributed by atoms with Gasteiger partial charge in [-0.25, -0.2) is 4.39 Å². The van der Waals surface area contributed by atoms with Crippen LogP contribution in [0.4, 0.5) is 15.8 Å². The molecule has 1 aromatic heterocycles. The zero-order chi connectivity index (χ0) is 22.7. The van der Waals surface area contributed by atoms with Gasteiger partial charge in [0.1, 0.15) is 17.5 Å². The number of halogens is 1. The number of non-ortho nitro benzene ring substituents is 1. The minimum atomic E-state index is -0.719. The lowest BCUT2D eigenvalue weighted by Gasteiger charge is -2.12. The lowest BCUT2D eigenvalue weighted by molar-refractivity contribution is -0.384. The van der Waals surface area contributed by atoms with E-state index in [1.54, 1.807) is 19.1 Å². The van der Waals surface area contributed by atoms with Gasteiger partial charge in [0, 0.05) is 29.2 Å². The summed E-state index contributed by atoms with van der Waals surface area (Å²) < 4.78 is 15.7. The summed E-state index contributed by atoms with van der Waals surface area (Å²) in [5.41, 5.74) is 3.49. The van der Waals surface area contributed by atoms with Crippen molar-refractivity contribution in [3.05, 3.63) is 92.6 Å². The van der Waals surface area contributed by atoms with E-state index < -0.39 is 16.6 Å². The van der Waals surface area contributed by atoms with Crippen LogP contribution < -0.4 is 5.32 Å². The van der Waals surface area contributed by atoms with Crippen molar-refractivity contribution in [2.75, 3.05) is 5.32 Å².